The summed E-state index contributed by atoms with van der Waals surface area (Å²) in [6, 6.07) is 24.3. The molecule has 6 nitrogen and oxygen atoms in total. The van der Waals surface area contributed by atoms with Gasteiger partial charge in [0.1, 0.15) is 17.9 Å². The van der Waals surface area contributed by atoms with Crippen molar-refractivity contribution in [2.75, 3.05) is 10.8 Å². The van der Waals surface area contributed by atoms with Crippen LogP contribution in [0.3, 0.4) is 0 Å². The quantitative estimate of drug-likeness (QED) is 0.490. The Labute approximate surface area is 201 Å². The van der Waals surface area contributed by atoms with Crippen molar-refractivity contribution in [3.63, 3.8) is 0 Å². The average Bonchev–Trinajstić information content (AvgIpc) is 2.88. The molecule has 0 bridgehead atoms. The Hall–Kier alpha value is -3.32. The second-order valence-electron chi connectivity index (χ2n) is 8.51. The first-order valence-electron chi connectivity index (χ1n) is 11.6. The van der Waals surface area contributed by atoms with E-state index in [1.165, 1.54) is 12.1 Å². The summed E-state index contributed by atoms with van der Waals surface area (Å²) < 4.78 is 34.5. The van der Waals surface area contributed by atoms with Crippen LogP contribution in [-0.4, -0.2) is 26.5 Å². The number of sulfonamides is 1. The average molecular weight is 479 g/mol. The first-order chi connectivity index (χ1) is 16.4. The van der Waals surface area contributed by atoms with E-state index < -0.39 is 10.0 Å². The Morgan fingerprint density at radius 3 is 2.18 bits per heavy atom. The second-order valence-corrected chi connectivity index (χ2v) is 10.4. The molecule has 0 aromatic heterocycles. The molecule has 0 radical (unpaired) electrons. The third-order valence-electron chi connectivity index (χ3n) is 6.48. The van der Waals surface area contributed by atoms with E-state index in [4.69, 9.17) is 4.74 Å². The minimum Gasteiger partial charge on any atom is -0.487 e. The summed E-state index contributed by atoms with van der Waals surface area (Å²) in [7, 11) is -3.93. The number of amides is 1. The Kier molecular flexibility index (Phi) is 6.93. The van der Waals surface area contributed by atoms with E-state index in [0.717, 1.165) is 28.5 Å². The van der Waals surface area contributed by atoms with Crippen molar-refractivity contribution in [1.29, 1.82) is 0 Å². The molecule has 34 heavy (non-hydrogen) atoms. The highest BCUT2D eigenvalue weighted by Gasteiger charge is 2.39. The van der Waals surface area contributed by atoms with Crippen molar-refractivity contribution in [3.05, 3.63) is 90.5 Å². The standard InChI is InChI=1S/C27H30N2O4S/c1-3-27(4-2)19-24(23-17-11-12-18-25(23)33-27)28-26(30)20-29(21-13-7-5-8-14-21)34(31,32)22-15-9-6-10-16-22/h5-18,24H,3-4,19-20H2,1-2H3,(H,28,30)/t24-/m1/s1. The molecule has 1 atom stereocenters. The number of fused-ring (bicyclic) bond motifs is 1. The van der Waals surface area contributed by atoms with E-state index in [-0.39, 0.29) is 29.0 Å². The van der Waals surface area contributed by atoms with Crippen molar-refractivity contribution >= 4 is 21.6 Å². The van der Waals surface area contributed by atoms with E-state index >= 15 is 0 Å². The van der Waals surface area contributed by atoms with Crippen LogP contribution in [0.1, 0.15) is 44.7 Å². The molecule has 1 heterocycles. The largest absolute Gasteiger partial charge is 0.487 e. The highest BCUT2D eigenvalue weighted by Crippen LogP contribution is 2.42. The number of hydrogen-bond donors (Lipinski definition) is 1. The van der Waals surface area contributed by atoms with Gasteiger partial charge in [-0.2, -0.15) is 0 Å². The molecule has 0 saturated heterocycles. The summed E-state index contributed by atoms with van der Waals surface area (Å²) in [6.07, 6.45) is 2.24. The molecular weight excluding hydrogens is 448 g/mol. The number of para-hydroxylation sites is 2. The first kappa shape index (κ1) is 23.8. The molecule has 1 N–H and O–H groups in total. The number of ether oxygens (including phenoxy) is 1. The number of carbonyl (C=O) groups excluding carboxylic acids is 1. The summed E-state index contributed by atoms with van der Waals surface area (Å²) in [6.45, 7) is 3.84. The van der Waals surface area contributed by atoms with Crippen LogP contribution in [-0.2, 0) is 14.8 Å². The van der Waals surface area contributed by atoms with Crippen LogP contribution in [0.4, 0.5) is 5.69 Å². The monoisotopic (exact) mass is 478 g/mol. The highest BCUT2D eigenvalue weighted by molar-refractivity contribution is 7.92. The van der Waals surface area contributed by atoms with E-state index in [0.29, 0.717) is 12.1 Å². The van der Waals surface area contributed by atoms with Gasteiger partial charge in [0, 0.05) is 12.0 Å². The maximum Gasteiger partial charge on any atom is 0.264 e. The number of carbonyl (C=O) groups is 1. The Morgan fingerprint density at radius 1 is 0.941 bits per heavy atom. The Bertz CT molecular complexity index is 1230. The van der Waals surface area contributed by atoms with Gasteiger partial charge in [-0.15, -0.1) is 0 Å². The van der Waals surface area contributed by atoms with Crippen LogP contribution in [0.15, 0.2) is 89.8 Å². The fourth-order valence-corrected chi connectivity index (χ4v) is 5.87. The van der Waals surface area contributed by atoms with Gasteiger partial charge in [0.25, 0.3) is 10.0 Å². The maximum atomic E-state index is 13.5. The molecule has 0 aliphatic carbocycles. The topological polar surface area (TPSA) is 75.7 Å². The fraction of sp³-hybridized carbons (Fsp3) is 0.296. The van der Waals surface area contributed by atoms with E-state index in [1.807, 2.05) is 30.3 Å². The lowest BCUT2D eigenvalue weighted by molar-refractivity contribution is -0.121. The number of anilines is 1. The second kappa shape index (κ2) is 9.89. The zero-order chi connectivity index (χ0) is 24.2. The van der Waals surface area contributed by atoms with Gasteiger partial charge in [-0.05, 0) is 43.2 Å². The highest BCUT2D eigenvalue weighted by atomic mass is 32.2. The lowest BCUT2D eigenvalue weighted by atomic mass is 9.83. The fourth-order valence-electron chi connectivity index (χ4n) is 4.43. The van der Waals surface area contributed by atoms with Crippen LogP contribution >= 0.6 is 0 Å². The van der Waals surface area contributed by atoms with E-state index in [2.05, 4.69) is 19.2 Å². The molecule has 0 fully saturated rings. The molecule has 0 saturated carbocycles. The summed E-state index contributed by atoms with van der Waals surface area (Å²) in [5, 5.41) is 3.10. The van der Waals surface area contributed by atoms with Crippen molar-refractivity contribution in [2.45, 2.75) is 49.6 Å². The molecular formula is C27H30N2O4S. The lowest BCUT2D eigenvalue weighted by Gasteiger charge is -2.41. The van der Waals surface area contributed by atoms with E-state index in [1.54, 1.807) is 42.5 Å². The molecule has 3 aromatic rings. The van der Waals surface area contributed by atoms with Crippen LogP contribution in [0.25, 0.3) is 0 Å². The number of benzene rings is 3. The molecule has 7 heteroatoms. The Balaban J connectivity index is 1.63. The number of rotatable bonds is 8. The molecule has 3 aromatic carbocycles. The minimum absolute atomic E-state index is 0.138. The van der Waals surface area contributed by atoms with Gasteiger partial charge in [0.05, 0.1) is 16.6 Å². The third-order valence-corrected chi connectivity index (χ3v) is 8.27. The molecule has 1 aliphatic rings. The molecule has 178 valence electrons. The smallest absolute Gasteiger partial charge is 0.264 e. The molecule has 4 rings (SSSR count). The summed E-state index contributed by atoms with van der Waals surface area (Å²) in [5.41, 5.74) is 0.970. The molecule has 0 unspecified atom stereocenters. The first-order valence-corrected chi connectivity index (χ1v) is 13.0. The van der Waals surface area contributed by atoms with Crippen LogP contribution in [0.2, 0.25) is 0 Å². The SMILES string of the molecule is CCC1(CC)C[C@@H](NC(=O)CN(c2ccccc2)S(=O)(=O)c2ccccc2)c2ccccc2O1. The van der Waals surface area contributed by atoms with Gasteiger partial charge in [0.15, 0.2) is 0 Å². The van der Waals surface area contributed by atoms with Crippen LogP contribution < -0.4 is 14.4 Å². The molecule has 1 aliphatic heterocycles. The van der Waals surface area contributed by atoms with Gasteiger partial charge in [-0.3, -0.25) is 9.10 Å². The van der Waals surface area contributed by atoms with Crippen LogP contribution in [0.5, 0.6) is 5.75 Å². The van der Waals surface area contributed by atoms with Crippen molar-refractivity contribution in [1.82, 2.24) is 5.32 Å². The lowest BCUT2D eigenvalue weighted by Crippen LogP contribution is -2.47. The van der Waals surface area contributed by atoms with E-state index in [9.17, 15) is 13.2 Å². The zero-order valence-electron chi connectivity index (χ0n) is 19.5. The molecule has 0 spiro atoms. The Morgan fingerprint density at radius 2 is 1.53 bits per heavy atom. The van der Waals surface area contributed by atoms with Crippen molar-refractivity contribution < 1.29 is 17.9 Å². The number of hydrogen-bond acceptors (Lipinski definition) is 4. The summed E-state index contributed by atoms with van der Waals surface area (Å²) in [4.78, 5) is 13.5. The van der Waals surface area contributed by atoms with Crippen molar-refractivity contribution in [2.24, 2.45) is 0 Å². The van der Waals surface area contributed by atoms with Gasteiger partial charge < -0.3 is 10.1 Å². The predicted molar refractivity (Wildman–Crippen MR) is 133 cm³/mol. The van der Waals surface area contributed by atoms with Gasteiger partial charge >= 0.3 is 0 Å². The van der Waals surface area contributed by atoms with Gasteiger partial charge in [0.2, 0.25) is 5.91 Å². The van der Waals surface area contributed by atoms with Gasteiger partial charge in [-0.25, -0.2) is 8.42 Å². The van der Waals surface area contributed by atoms with Crippen molar-refractivity contribution in [3.8, 4) is 5.75 Å². The number of nitrogens with zero attached hydrogens (tertiary/aromatic N) is 1. The minimum atomic E-state index is -3.93. The third kappa shape index (κ3) is 4.80. The molecule has 1 amide bonds. The zero-order valence-corrected chi connectivity index (χ0v) is 20.3. The predicted octanol–water partition coefficient (Wildman–Crippen LogP) is 5.08. The van der Waals surface area contributed by atoms with Gasteiger partial charge in [-0.1, -0.05) is 68.4 Å². The summed E-state index contributed by atoms with van der Waals surface area (Å²) in [5.74, 6) is 0.394. The maximum absolute atomic E-state index is 13.5. The summed E-state index contributed by atoms with van der Waals surface area (Å²) >= 11 is 0. The number of nitrogens with one attached hydrogen (secondary N) is 1. The van der Waals surface area contributed by atoms with Crippen LogP contribution in [0, 0.1) is 0 Å². The normalized spacial score (nSPS) is 16.7.